The number of rotatable bonds is 6. The molecule has 0 bridgehead atoms. The Hall–Kier alpha value is -0.900. The van der Waals surface area contributed by atoms with E-state index in [9.17, 15) is 0 Å². The molecule has 0 rings (SSSR count). The Balaban J connectivity index is 3.63. The van der Waals surface area contributed by atoms with Crippen LogP contribution in [0.3, 0.4) is 0 Å². The van der Waals surface area contributed by atoms with Crippen molar-refractivity contribution in [2.75, 3.05) is 0 Å². The van der Waals surface area contributed by atoms with E-state index in [4.69, 9.17) is 22.9 Å². The first-order chi connectivity index (χ1) is 6.09. The van der Waals surface area contributed by atoms with Crippen molar-refractivity contribution in [2.45, 2.75) is 45.1 Å². The molecule has 0 saturated heterocycles. The fourth-order valence-corrected chi connectivity index (χ4v) is 1.16. The molecule has 1 atom stereocenters. The van der Waals surface area contributed by atoms with Crippen molar-refractivity contribution in [3.05, 3.63) is 11.5 Å². The van der Waals surface area contributed by atoms with E-state index in [1.54, 1.807) is 0 Å². The maximum atomic E-state index is 5.76. The molecular formula is C9H22N4. The van der Waals surface area contributed by atoms with Crippen LogP contribution in [0.4, 0.5) is 0 Å². The van der Waals surface area contributed by atoms with Crippen LogP contribution in [0.2, 0.25) is 0 Å². The molecule has 0 aromatic carbocycles. The minimum atomic E-state index is -0.179. The molecule has 13 heavy (non-hydrogen) atoms. The van der Waals surface area contributed by atoms with Crippen molar-refractivity contribution >= 4 is 0 Å². The molecule has 1 unspecified atom stereocenters. The van der Waals surface area contributed by atoms with Gasteiger partial charge in [0.15, 0.2) is 0 Å². The SMILES string of the molecule is CCCCCCC(N)C(N)=C(N)N. The summed E-state index contributed by atoms with van der Waals surface area (Å²) >= 11 is 0. The minimum Gasteiger partial charge on any atom is -0.398 e. The Morgan fingerprint density at radius 3 is 2.15 bits per heavy atom. The van der Waals surface area contributed by atoms with E-state index >= 15 is 0 Å². The highest BCUT2D eigenvalue weighted by molar-refractivity contribution is 5.10. The summed E-state index contributed by atoms with van der Waals surface area (Å²) in [6.07, 6.45) is 5.61. The average Bonchev–Trinajstić information content (AvgIpc) is 2.10. The largest absolute Gasteiger partial charge is 0.398 e. The molecule has 0 saturated carbocycles. The van der Waals surface area contributed by atoms with Gasteiger partial charge in [0, 0.05) is 6.04 Å². The van der Waals surface area contributed by atoms with E-state index < -0.39 is 0 Å². The van der Waals surface area contributed by atoms with Crippen molar-refractivity contribution < 1.29 is 0 Å². The summed E-state index contributed by atoms with van der Waals surface area (Å²) in [5, 5.41) is 0. The quantitative estimate of drug-likeness (QED) is 0.449. The van der Waals surface area contributed by atoms with Crippen LogP contribution in [0, 0.1) is 0 Å². The molecule has 8 N–H and O–H groups in total. The van der Waals surface area contributed by atoms with Crippen molar-refractivity contribution in [2.24, 2.45) is 22.9 Å². The van der Waals surface area contributed by atoms with E-state index in [0.29, 0.717) is 5.70 Å². The average molecular weight is 186 g/mol. The summed E-state index contributed by atoms with van der Waals surface area (Å²) in [7, 11) is 0. The van der Waals surface area contributed by atoms with Gasteiger partial charge in [-0.05, 0) is 6.42 Å². The van der Waals surface area contributed by atoms with E-state index in [2.05, 4.69) is 6.92 Å². The van der Waals surface area contributed by atoms with Crippen LogP contribution in [0.25, 0.3) is 0 Å². The zero-order valence-electron chi connectivity index (χ0n) is 8.42. The number of unbranched alkanes of at least 4 members (excludes halogenated alkanes) is 3. The third-order valence-electron chi connectivity index (χ3n) is 2.10. The lowest BCUT2D eigenvalue weighted by Gasteiger charge is -2.12. The second-order valence-corrected chi connectivity index (χ2v) is 3.37. The summed E-state index contributed by atoms with van der Waals surface area (Å²) in [5.41, 5.74) is 22.4. The molecule has 0 amide bonds. The van der Waals surface area contributed by atoms with Crippen LogP contribution in [0.5, 0.6) is 0 Å². The van der Waals surface area contributed by atoms with E-state index in [-0.39, 0.29) is 11.9 Å². The maximum Gasteiger partial charge on any atom is 0.114 e. The highest BCUT2D eigenvalue weighted by atomic mass is 14.9. The maximum absolute atomic E-state index is 5.76. The van der Waals surface area contributed by atoms with Crippen molar-refractivity contribution in [3.63, 3.8) is 0 Å². The standard InChI is InChI=1S/C9H22N4/c1-2-3-4-5-6-7(10)8(11)9(12)13/h7H,2-6,10-13H2,1H3. The predicted octanol–water partition coefficient (Wildman–Crippen LogP) is 0.329. The van der Waals surface area contributed by atoms with Gasteiger partial charge in [0.05, 0.1) is 5.70 Å². The van der Waals surface area contributed by atoms with Gasteiger partial charge in [0.2, 0.25) is 0 Å². The summed E-state index contributed by atoms with van der Waals surface area (Å²) < 4.78 is 0. The molecule has 0 aliphatic heterocycles. The number of nitrogens with two attached hydrogens (primary N) is 4. The third kappa shape index (κ3) is 5.36. The highest BCUT2D eigenvalue weighted by Gasteiger charge is 2.07. The highest BCUT2D eigenvalue weighted by Crippen LogP contribution is 2.07. The Kier molecular flexibility index (Phi) is 6.14. The van der Waals surface area contributed by atoms with Crippen molar-refractivity contribution in [3.8, 4) is 0 Å². The first-order valence-electron chi connectivity index (χ1n) is 4.85. The van der Waals surface area contributed by atoms with Crippen LogP contribution in [-0.2, 0) is 0 Å². The van der Waals surface area contributed by atoms with Crippen LogP contribution in [0.15, 0.2) is 11.5 Å². The molecule has 0 aliphatic rings. The van der Waals surface area contributed by atoms with Gasteiger partial charge in [0.25, 0.3) is 0 Å². The summed E-state index contributed by atoms with van der Waals surface area (Å²) in [6.45, 7) is 2.17. The lowest BCUT2D eigenvalue weighted by molar-refractivity contribution is 0.581. The lowest BCUT2D eigenvalue weighted by Crippen LogP contribution is -2.32. The number of hydrogen-bond acceptors (Lipinski definition) is 4. The van der Waals surface area contributed by atoms with E-state index in [1.807, 2.05) is 0 Å². The lowest BCUT2D eigenvalue weighted by atomic mass is 10.1. The van der Waals surface area contributed by atoms with Gasteiger partial charge in [0.1, 0.15) is 5.82 Å². The monoisotopic (exact) mass is 186 g/mol. The molecule has 0 aromatic rings. The fraction of sp³-hybridized carbons (Fsp3) is 0.778. The van der Waals surface area contributed by atoms with Crippen LogP contribution in [0.1, 0.15) is 39.0 Å². The topological polar surface area (TPSA) is 104 Å². The third-order valence-corrected chi connectivity index (χ3v) is 2.10. The molecule has 4 nitrogen and oxygen atoms in total. The molecule has 0 spiro atoms. The van der Waals surface area contributed by atoms with Crippen LogP contribution >= 0.6 is 0 Å². The zero-order chi connectivity index (χ0) is 10.3. The van der Waals surface area contributed by atoms with E-state index in [0.717, 1.165) is 12.8 Å². The minimum absolute atomic E-state index is 0.156. The first-order valence-corrected chi connectivity index (χ1v) is 4.85. The first kappa shape index (κ1) is 12.1. The molecule has 0 heterocycles. The smallest absolute Gasteiger partial charge is 0.114 e. The van der Waals surface area contributed by atoms with Gasteiger partial charge in [-0.25, -0.2) is 0 Å². The second kappa shape index (κ2) is 6.60. The zero-order valence-corrected chi connectivity index (χ0v) is 8.42. The van der Waals surface area contributed by atoms with Crippen LogP contribution < -0.4 is 22.9 Å². The van der Waals surface area contributed by atoms with Gasteiger partial charge in [-0.2, -0.15) is 0 Å². The second-order valence-electron chi connectivity index (χ2n) is 3.37. The molecule has 0 radical (unpaired) electrons. The Bertz CT molecular complexity index is 161. The summed E-state index contributed by atoms with van der Waals surface area (Å²) in [4.78, 5) is 0. The van der Waals surface area contributed by atoms with Gasteiger partial charge in [-0.15, -0.1) is 0 Å². The van der Waals surface area contributed by atoms with Gasteiger partial charge in [-0.1, -0.05) is 32.6 Å². The van der Waals surface area contributed by atoms with Crippen LogP contribution in [-0.4, -0.2) is 6.04 Å². The fourth-order valence-electron chi connectivity index (χ4n) is 1.16. The van der Waals surface area contributed by atoms with Crippen molar-refractivity contribution in [1.82, 2.24) is 0 Å². The van der Waals surface area contributed by atoms with Gasteiger partial charge in [-0.3, -0.25) is 0 Å². The molecular weight excluding hydrogens is 164 g/mol. The Morgan fingerprint density at radius 1 is 1.08 bits per heavy atom. The van der Waals surface area contributed by atoms with Crippen molar-refractivity contribution in [1.29, 1.82) is 0 Å². The number of hydrogen-bond donors (Lipinski definition) is 4. The molecule has 4 heteroatoms. The molecule has 0 aliphatic carbocycles. The summed E-state index contributed by atoms with van der Waals surface area (Å²) in [5.74, 6) is 0.156. The molecule has 0 fully saturated rings. The predicted molar refractivity (Wildman–Crippen MR) is 56.3 cm³/mol. The normalized spacial score (nSPS) is 12.5. The Morgan fingerprint density at radius 2 is 1.69 bits per heavy atom. The summed E-state index contributed by atoms with van der Waals surface area (Å²) in [6, 6.07) is -0.179. The van der Waals surface area contributed by atoms with E-state index in [1.165, 1.54) is 19.3 Å². The molecule has 78 valence electrons. The molecule has 0 aromatic heterocycles. The van der Waals surface area contributed by atoms with Gasteiger partial charge < -0.3 is 22.9 Å². The Labute approximate surface area is 80.3 Å². The van der Waals surface area contributed by atoms with Gasteiger partial charge >= 0.3 is 0 Å².